The van der Waals surface area contributed by atoms with Crippen molar-refractivity contribution in [3.8, 4) is 0 Å². The van der Waals surface area contributed by atoms with Crippen LogP contribution in [0.2, 0.25) is 0 Å². The van der Waals surface area contributed by atoms with E-state index in [1.54, 1.807) is 6.92 Å². The molecule has 0 rings (SSSR count). The fourth-order valence-electron chi connectivity index (χ4n) is 0.618. The number of nitrogens with zero attached hydrogens (tertiary/aromatic N) is 2. The predicted octanol–water partition coefficient (Wildman–Crippen LogP) is 2.73. The van der Waals surface area contributed by atoms with E-state index in [0.29, 0.717) is 0 Å². The lowest BCUT2D eigenvalue weighted by atomic mass is 10.1. The highest BCUT2D eigenvalue weighted by Gasteiger charge is 2.33. The average Bonchev–Trinajstić information content (AvgIpc) is 2.02. The Morgan fingerprint density at radius 1 is 1.21 bits per heavy atom. The molecule has 0 aliphatic heterocycles. The standard InChI is InChI=1S/C9H15F3N2/c1-6(2)7(3)14-5-8(13-4)9(10,11)12/h5-7H,1-4H3/b13-8+,14-5-. The van der Waals surface area contributed by atoms with Gasteiger partial charge in [0.1, 0.15) is 0 Å². The first-order valence-corrected chi connectivity index (χ1v) is 4.36. The fourth-order valence-corrected chi connectivity index (χ4v) is 0.618. The van der Waals surface area contributed by atoms with E-state index in [-0.39, 0.29) is 12.0 Å². The van der Waals surface area contributed by atoms with Gasteiger partial charge in [-0.2, -0.15) is 13.2 Å². The molecule has 5 heteroatoms. The van der Waals surface area contributed by atoms with Crippen molar-refractivity contribution in [3.05, 3.63) is 0 Å². The molecule has 0 amide bonds. The van der Waals surface area contributed by atoms with Crippen LogP contribution in [0.5, 0.6) is 0 Å². The van der Waals surface area contributed by atoms with Gasteiger partial charge in [-0.25, -0.2) is 0 Å². The number of rotatable bonds is 3. The highest BCUT2D eigenvalue weighted by atomic mass is 19.4. The van der Waals surface area contributed by atoms with Gasteiger partial charge in [0.25, 0.3) is 0 Å². The number of hydrogen-bond donors (Lipinski definition) is 0. The molecule has 0 aromatic rings. The Morgan fingerprint density at radius 3 is 2.00 bits per heavy atom. The van der Waals surface area contributed by atoms with Crippen LogP contribution >= 0.6 is 0 Å². The van der Waals surface area contributed by atoms with Crippen molar-refractivity contribution < 1.29 is 13.2 Å². The molecule has 0 aliphatic carbocycles. The smallest absolute Gasteiger partial charge is 0.288 e. The van der Waals surface area contributed by atoms with Crippen LogP contribution in [0.4, 0.5) is 13.2 Å². The summed E-state index contributed by atoms with van der Waals surface area (Å²) in [6.45, 7) is 5.57. The molecule has 0 N–H and O–H groups in total. The number of alkyl halides is 3. The van der Waals surface area contributed by atoms with E-state index in [0.717, 1.165) is 13.3 Å². The molecule has 1 unspecified atom stereocenters. The molecule has 0 saturated heterocycles. The zero-order valence-electron chi connectivity index (χ0n) is 8.76. The van der Waals surface area contributed by atoms with E-state index in [2.05, 4.69) is 9.98 Å². The van der Waals surface area contributed by atoms with Gasteiger partial charge in [-0.05, 0) is 12.8 Å². The van der Waals surface area contributed by atoms with Crippen LogP contribution in [-0.4, -0.2) is 31.2 Å². The fraction of sp³-hybridized carbons (Fsp3) is 0.778. The molecule has 82 valence electrons. The van der Waals surface area contributed by atoms with Crippen LogP contribution in [0.3, 0.4) is 0 Å². The maximum absolute atomic E-state index is 12.1. The molecular weight excluding hydrogens is 193 g/mol. The third kappa shape index (κ3) is 4.39. The minimum absolute atomic E-state index is 0.130. The van der Waals surface area contributed by atoms with Crippen molar-refractivity contribution in [2.45, 2.75) is 33.0 Å². The average molecular weight is 208 g/mol. The van der Waals surface area contributed by atoms with Crippen LogP contribution in [0, 0.1) is 5.92 Å². The third-order valence-electron chi connectivity index (χ3n) is 1.93. The Bertz CT molecular complexity index is 229. The Kier molecular flexibility index (Phi) is 4.80. The molecule has 0 radical (unpaired) electrons. The minimum Gasteiger partial charge on any atom is -0.288 e. The Morgan fingerprint density at radius 2 is 1.71 bits per heavy atom. The highest BCUT2D eigenvalue weighted by molar-refractivity contribution is 6.33. The molecule has 0 bridgehead atoms. The van der Waals surface area contributed by atoms with Gasteiger partial charge < -0.3 is 0 Å². The topological polar surface area (TPSA) is 24.7 Å². The second-order valence-corrected chi connectivity index (χ2v) is 3.37. The van der Waals surface area contributed by atoms with E-state index in [4.69, 9.17) is 0 Å². The molecule has 2 nitrogen and oxygen atoms in total. The zero-order valence-corrected chi connectivity index (χ0v) is 8.76. The first-order valence-electron chi connectivity index (χ1n) is 4.36. The lowest BCUT2D eigenvalue weighted by Crippen LogP contribution is -2.25. The van der Waals surface area contributed by atoms with Crippen LogP contribution < -0.4 is 0 Å². The third-order valence-corrected chi connectivity index (χ3v) is 1.93. The van der Waals surface area contributed by atoms with Crippen LogP contribution in [0.25, 0.3) is 0 Å². The molecule has 14 heavy (non-hydrogen) atoms. The normalized spacial score (nSPS) is 16.7. The summed E-state index contributed by atoms with van der Waals surface area (Å²) in [4.78, 5) is 6.92. The summed E-state index contributed by atoms with van der Waals surface area (Å²) >= 11 is 0. The van der Waals surface area contributed by atoms with Crippen molar-refractivity contribution in [2.24, 2.45) is 15.9 Å². The summed E-state index contributed by atoms with van der Waals surface area (Å²) in [6.07, 6.45) is -3.61. The minimum atomic E-state index is -4.41. The number of aliphatic imine (C=N–C) groups is 2. The molecule has 0 heterocycles. The SMILES string of the molecule is C/N=C(\C=N/C(C)C(C)C)C(F)(F)F. The van der Waals surface area contributed by atoms with Crippen molar-refractivity contribution in [2.75, 3.05) is 7.05 Å². The summed E-state index contributed by atoms with van der Waals surface area (Å²) in [7, 11) is 1.11. The summed E-state index contributed by atoms with van der Waals surface area (Å²) in [6, 6.07) is -0.130. The van der Waals surface area contributed by atoms with E-state index in [1.165, 1.54) is 0 Å². The molecule has 0 saturated carbocycles. The number of halogens is 3. The van der Waals surface area contributed by atoms with Crippen LogP contribution in [-0.2, 0) is 0 Å². The molecule has 1 atom stereocenters. The maximum atomic E-state index is 12.1. The van der Waals surface area contributed by atoms with E-state index in [1.807, 2.05) is 13.8 Å². The van der Waals surface area contributed by atoms with E-state index >= 15 is 0 Å². The van der Waals surface area contributed by atoms with Gasteiger partial charge >= 0.3 is 6.18 Å². The van der Waals surface area contributed by atoms with Gasteiger partial charge in [-0.1, -0.05) is 13.8 Å². The quantitative estimate of drug-likeness (QED) is 0.637. The van der Waals surface area contributed by atoms with Crippen molar-refractivity contribution in [3.63, 3.8) is 0 Å². The second kappa shape index (κ2) is 5.12. The molecule has 0 spiro atoms. The van der Waals surface area contributed by atoms with Crippen LogP contribution in [0.15, 0.2) is 9.98 Å². The maximum Gasteiger partial charge on any atom is 0.434 e. The summed E-state index contributed by atoms with van der Waals surface area (Å²) in [5.41, 5.74) is -0.940. The first-order chi connectivity index (χ1) is 6.29. The summed E-state index contributed by atoms with van der Waals surface area (Å²) in [5.74, 6) is 0.220. The highest BCUT2D eigenvalue weighted by Crippen LogP contribution is 2.16. The van der Waals surface area contributed by atoms with Crippen molar-refractivity contribution in [1.82, 2.24) is 0 Å². The number of hydrogen-bond acceptors (Lipinski definition) is 2. The molecule has 0 fully saturated rings. The van der Waals surface area contributed by atoms with Crippen molar-refractivity contribution >= 4 is 11.9 Å². The lowest BCUT2D eigenvalue weighted by Gasteiger charge is -2.10. The Hall–Kier alpha value is -0.870. The van der Waals surface area contributed by atoms with Gasteiger partial charge in [-0.15, -0.1) is 0 Å². The zero-order chi connectivity index (χ0) is 11.4. The van der Waals surface area contributed by atoms with E-state index in [9.17, 15) is 13.2 Å². The van der Waals surface area contributed by atoms with Gasteiger partial charge in [0, 0.05) is 13.1 Å². The summed E-state index contributed by atoms with van der Waals surface area (Å²) < 4.78 is 36.4. The first kappa shape index (κ1) is 13.1. The van der Waals surface area contributed by atoms with Gasteiger partial charge in [0.05, 0.1) is 6.21 Å². The Balaban J connectivity index is 4.50. The molecule has 0 aromatic heterocycles. The van der Waals surface area contributed by atoms with Gasteiger partial charge in [0.15, 0.2) is 5.71 Å². The predicted molar refractivity (Wildman–Crippen MR) is 52.2 cm³/mol. The summed E-state index contributed by atoms with van der Waals surface area (Å²) in [5, 5.41) is 0. The van der Waals surface area contributed by atoms with E-state index < -0.39 is 11.9 Å². The Labute approximate surface area is 81.9 Å². The second-order valence-electron chi connectivity index (χ2n) is 3.37. The molecular formula is C9H15F3N2. The molecule has 0 aromatic carbocycles. The monoisotopic (exact) mass is 208 g/mol. The van der Waals surface area contributed by atoms with Gasteiger partial charge in [0.2, 0.25) is 0 Å². The largest absolute Gasteiger partial charge is 0.434 e. The van der Waals surface area contributed by atoms with Gasteiger partial charge in [-0.3, -0.25) is 9.98 Å². The van der Waals surface area contributed by atoms with Crippen molar-refractivity contribution in [1.29, 1.82) is 0 Å². The van der Waals surface area contributed by atoms with Crippen LogP contribution in [0.1, 0.15) is 20.8 Å². The lowest BCUT2D eigenvalue weighted by molar-refractivity contribution is -0.0565. The molecule has 0 aliphatic rings.